The molecule has 3 heterocycles. The number of benzene rings is 2. The van der Waals surface area contributed by atoms with Crippen molar-refractivity contribution >= 4 is 33.3 Å². The first-order valence-electron chi connectivity index (χ1n) is 11.3. The highest BCUT2D eigenvalue weighted by Gasteiger charge is 2.20. The molecule has 2 aromatic carbocycles. The highest BCUT2D eigenvalue weighted by molar-refractivity contribution is 7.16. The third-order valence-corrected chi connectivity index (χ3v) is 6.57. The van der Waals surface area contributed by atoms with E-state index in [9.17, 15) is 19.1 Å². The number of ether oxygens (including phenoxy) is 1. The topological polar surface area (TPSA) is 120 Å². The number of anilines is 1. The van der Waals surface area contributed by atoms with Crippen molar-refractivity contribution < 1.29 is 19.0 Å². The number of halogens is 1. The molecule has 37 heavy (non-hydrogen) atoms. The average molecular weight is 517 g/mol. The van der Waals surface area contributed by atoms with Gasteiger partial charge in [0.05, 0.1) is 22.3 Å². The number of hydrogen-bond acceptors (Lipinski definition) is 8. The Labute approximate surface area is 214 Å². The fourth-order valence-corrected chi connectivity index (χ4v) is 4.83. The molecule has 0 atom stereocenters. The summed E-state index contributed by atoms with van der Waals surface area (Å²) in [6, 6.07) is 15.9. The van der Waals surface area contributed by atoms with Crippen molar-refractivity contribution in [1.82, 2.24) is 14.5 Å². The van der Waals surface area contributed by atoms with Gasteiger partial charge in [-0.25, -0.2) is 14.4 Å². The molecule has 0 amide bonds. The second kappa shape index (κ2) is 10.3. The van der Waals surface area contributed by atoms with E-state index in [4.69, 9.17) is 10.5 Å². The maximum absolute atomic E-state index is 14.8. The first-order chi connectivity index (χ1) is 17.9. The SMILES string of the molecule is Nc1cc(Oc2ccc(CC(=O)c3cc4ncsc4n(-c4ccccc4CCO)c3=O)cc2F)ccn1. The van der Waals surface area contributed by atoms with Crippen LogP contribution in [0.5, 0.6) is 11.5 Å². The van der Waals surface area contributed by atoms with Crippen LogP contribution in [0.25, 0.3) is 16.0 Å². The highest BCUT2D eigenvalue weighted by Crippen LogP contribution is 2.27. The Bertz CT molecular complexity index is 1680. The van der Waals surface area contributed by atoms with E-state index < -0.39 is 17.2 Å². The Balaban J connectivity index is 1.47. The third kappa shape index (κ3) is 4.97. The summed E-state index contributed by atoms with van der Waals surface area (Å²) in [5.74, 6) is -0.599. The Hall–Kier alpha value is -4.41. The molecule has 0 saturated carbocycles. The van der Waals surface area contributed by atoms with Crippen LogP contribution in [-0.2, 0) is 12.8 Å². The molecule has 8 nitrogen and oxygen atoms in total. The van der Waals surface area contributed by atoms with Gasteiger partial charge in [-0.05, 0) is 47.9 Å². The number of aliphatic hydroxyl groups excluding tert-OH is 1. The number of Topliss-reactive ketones (excluding diaryl/α,β-unsaturated/α-hetero) is 1. The number of nitrogens with two attached hydrogens (primary N) is 1. The summed E-state index contributed by atoms with van der Waals surface area (Å²) >= 11 is 1.28. The molecule has 186 valence electrons. The zero-order valence-corrected chi connectivity index (χ0v) is 20.2. The van der Waals surface area contributed by atoms with Crippen LogP contribution >= 0.6 is 11.3 Å². The van der Waals surface area contributed by atoms with Gasteiger partial charge in [-0.15, -0.1) is 11.3 Å². The van der Waals surface area contributed by atoms with Gasteiger partial charge in [-0.1, -0.05) is 24.3 Å². The standard InChI is InChI=1S/C27H21FN4O4S/c28-20-11-16(5-6-24(20)36-18-7-9-30-25(29)13-18)12-23(34)19-14-21-27(37-15-31-21)32(26(19)35)22-4-2-1-3-17(22)8-10-33/h1-7,9,11,13-15,33H,8,10,12H2,(H2,29,30). The van der Waals surface area contributed by atoms with Crippen molar-refractivity contribution in [2.45, 2.75) is 12.8 Å². The number of ketones is 1. The Morgan fingerprint density at radius 2 is 1.95 bits per heavy atom. The summed E-state index contributed by atoms with van der Waals surface area (Å²) < 4.78 is 21.8. The third-order valence-electron chi connectivity index (χ3n) is 5.75. The predicted octanol–water partition coefficient (Wildman–Crippen LogP) is 4.32. The monoisotopic (exact) mass is 516 g/mol. The summed E-state index contributed by atoms with van der Waals surface area (Å²) in [4.78, 5) is 35.6. The van der Waals surface area contributed by atoms with Crippen LogP contribution in [0.3, 0.4) is 0 Å². The predicted molar refractivity (Wildman–Crippen MR) is 139 cm³/mol. The van der Waals surface area contributed by atoms with Crippen molar-refractivity contribution in [3.8, 4) is 17.2 Å². The molecule has 3 N–H and O–H groups in total. The van der Waals surface area contributed by atoms with Crippen molar-refractivity contribution in [2.24, 2.45) is 0 Å². The van der Waals surface area contributed by atoms with Gasteiger partial charge in [-0.3, -0.25) is 14.2 Å². The van der Waals surface area contributed by atoms with E-state index in [-0.39, 0.29) is 30.2 Å². The normalized spacial score (nSPS) is 11.1. The zero-order chi connectivity index (χ0) is 25.9. The lowest BCUT2D eigenvalue weighted by Crippen LogP contribution is -2.26. The molecule has 0 bridgehead atoms. The molecule has 0 aliphatic heterocycles. The Morgan fingerprint density at radius 3 is 2.73 bits per heavy atom. The number of nitrogen functional groups attached to an aromatic ring is 1. The molecule has 0 fully saturated rings. The van der Waals surface area contributed by atoms with Crippen LogP contribution in [0.1, 0.15) is 21.5 Å². The molecule has 0 saturated heterocycles. The van der Waals surface area contributed by atoms with Crippen molar-refractivity contribution in [3.63, 3.8) is 0 Å². The summed E-state index contributed by atoms with van der Waals surface area (Å²) in [7, 11) is 0. The molecule has 0 aliphatic rings. The number of aliphatic hydroxyl groups is 1. The van der Waals surface area contributed by atoms with E-state index in [1.807, 2.05) is 12.1 Å². The summed E-state index contributed by atoms with van der Waals surface area (Å²) in [5.41, 5.74) is 8.91. The number of carbonyl (C=O) groups excluding carboxylic acids is 1. The van der Waals surface area contributed by atoms with Crippen molar-refractivity contribution in [1.29, 1.82) is 0 Å². The molecule has 10 heteroatoms. The van der Waals surface area contributed by atoms with E-state index >= 15 is 0 Å². The number of carbonyl (C=O) groups is 1. The quantitative estimate of drug-likeness (QED) is 0.295. The maximum Gasteiger partial charge on any atom is 0.267 e. The fraction of sp³-hybridized carbons (Fsp3) is 0.111. The number of thiazole rings is 1. The van der Waals surface area contributed by atoms with Crippen LogP contribution in [0.15, 0.2) is 77.2 Å². The lowest BCUT2D eigenvalue weighted by atomic mass is 10.0. The molecule has 5 rings (SSSR count). The van der Waals surface area contributed by atoms with Gasteiger partial charge in [0.25, 0.3) is 5.56 Å². The van der Waals surface area contributed by atoms with Gasteiger partial charge in [-0.2, -0.15) is 0 Å². The molecule has 0 radical (unpaired) electrons. The van der Waals surface area contributed by atoms with E-state index in [2.05, 4.69) is 9.97 Å². The minimum Gasteiger partial charge on any atom is -0.454 e. The van der Waals surface area contributed by atoms with Crippen LogP contribution in [0, 0.1) is 5.82 Å². The zero-order valence-electron chi connectivity index (χ0n) is 19.4. The second-order valence-electron chi connectivity index (χ2n) is 8.23. The van der Waals surface area contributed by atoms with E-state index in [1.54, 1.807) is 29.8 Å². The molecular weight excluding hydrogens is 495 g/mol. The van der Waals surface area contributed by atoms with Gasteiger partial charge < -0.3 is 15.6 Å². The first kappa shape index (κ1) is 24.3. The van der Waals surface area contributed by atoms with Crippen LogP contribution in [0.4, 0.5) is 10.2 Å². The first-order valence-corrected chi connectivity index (χ1v) is 12.2. The van der Waals surface area contributed by atoms with Gasteiger partial charge in [0.15, 0.2) is 17.3 Å². The van der Waals surface area contributed by atoms with Gasteiger partial charge in [0.2, 0.25) is 0 Å². The molecule has 0 unspecified atom stereocenters. The largest absolute Gasteiger partial charge is 0.454 e. The Kier molecular flexibility index (Phi) is 6.76. The molecule has 5 aromatic rings. The molecule has 0 aliphatic carbocycles. The average Bonchev–Trinajstić information content (AvgIpc) is 3.34. The minimum absolute atomic E-state index is 0.0338. The summed E-state index contributed by atoms with van der Waals surface area (Å²) in [6.07, 6.45) is 1.60. The molecule has 3 aromatic heterocycles. The van der Waals surface area contributed by atoms with Crippen molar-refractivity contribution in [3.05, 3.63) is 105 Å². The van der Waals surface area contributed by atoms with E-state index in [0.29, 0.717) is 33.8 Å². The maximum atomic E-state index is 14.8. The smallest absolute Gasteiger partial charge is 0.267 e. The van der Waals surface area contributed by atoms with Gasteiger partial charge in [0, 0.05) is 25.3 Å². The molecule has 0 spiro atoms. The van der Waals surface area contributed by atoms with Crippen LogP contribution in [0.2, 0.25) is 0 Å². The van der Waals surface area contributed by atoms with E-state index in [0.717, 1.165) is 5.56 Å². The summed E-state index contributed by atoms with van der Waals surface area (Å²) in [6.45, 7) is -0.0873. The number of rotatable bonds is 8. The highest BCUT2D eigenvalue weighted by atomic mass is 32.1. The lowest BCUT2D eigenvalue weighted by molar-refractivity contribution is 0.0991. The van der Waals surface area contributed by atoms with Crippen LogP contribution in [-0.4, -0.2) is 32.0 Å². The molecular formula is C27H21FN4O4S. The number of hydrogen-bond donors (Lipinski definition) is 2. The van der Waals surface area contributed by atoms with Gasteiger partial charge >= 0.3 is 0 Å². The minimum atomic E-state index is -0.661. The second-order valence-corrected chi connectivity index (χ2v) is 9.06. The van der Waals surface area contributed by atoms with Crippen molar-refractivity contribution in [2.75, 3.05) is 12.3 Å². The van der Waals surface area contributed by atoms with Crippen LogP contribution < -0.4 is 16.0 Å². The number of fused-ring (bicyclic) bond motifs is 1. The fourth-order valence-electron chi connectivity index (χ4n) is 4.04. The summed E-state index contributed by atoms with van der Waals surface area (Å²) in [5, 5.41) is 9.48. The number of nitrogens with zero attached hydrogens (tertiary/aromatic N) is 3. The number of para-hydroxylation sites is 1. The lowest BCUT2D eigenvalue weighted by Gasteiger charge is -2.14. The number of aromatic nitrogens is 3. The van der Waals surface area contributed by atoms with E-state index in [1.165, 1.54) is 46.4 Å². The number of pyridine rings is 2. The Morgan fingerprint density at radius 1 is 1.11 bits per heavy atom. The van der Waals surface area contributed by atoms with Gasteiger partial charge in [0.1, 0.15) is 16.4 Å².